The normalized spacial score (nSPS) is 24.7. The molecule has 2 fully saturated rings. The van der Waals surface area contributed by atoms with E-state index in [1.54, 1.807) is 0 Å². The molecule has 4 rings (SSSR count). The van der Waals surface area contributed by atoms with Crippen LogP contribution in [0.1, 0.15) is 74.5 Å². The van der Waals surface area contributed by atoms with E-state index in [9.17, 15) is 9.59 Å². The Bertz CT molecular complexity index is 704. The van der Waals surface area contributed by atoms with Gasteiger partial charge in [0.15, 0.2) is 0 Å². The van der Waals surface area contributed by atoms with Gasteiger partial charge in [0.25, 0.3) is 0 Å². The Morgan fingerprint density at radius 2 is 1.71 bits per heavy atom. The van der Waals surface area contributed by atoms with Gasteiger partial charge in [0.05, 0.1) is 0 Å². The Hall–Kier alpha value is -1.88. The lowest BCUT2D eigenvalue weighted by atomic mass is 9.85. The van der Waals surface area contributed by atoms with E-state index >= 15 is 0 Å². The number of amides is 2. The Kier molecular flexibility index (Phi) is 6.30. The van der Waals surface area contributed by atoms with E-state index in [1.807, 2.05) is 0 Å². The van der Waals surface area contributed by atoms with Crippen molar-refractivity contribution in [3.8, 4) is 0 Å². The molecule has 152 valence electrons. The maximum Gasteiger partial charge on any atom is 0.223 e. The van der Waals surface area contributed by atoms with Crippen LogP contribution in [-0.4, -0.2) is 17.9 Å². The molecule has 2 saturated carbocycles. The van der Waals surface area contributed by atoms with Crippen molar-refractivity contribution in [1.82, 2.24) is 16.0 Å². The van der Waals surface area contributed by atoms with Crippen molar-refractivity contribution in [3.05, 3.63) is 34.9 Å². The van der Waals surface area contributed by atoms with Gasteiger partial charge in [-0.25, -0.2) is 0 Å². The van der Waals surface area contributed by atoms with Crippen LogP contribution in [0.4, 0.5) is 0 Å². The highest BCUT2D eigenvalue weighted by atomic mass is 16.2. The summed E-state index contributed by atoms with van der Waals surface area (Å²) in [5.74, 6) is 1.05. The molecule has 1 aromatic carbocycles. The van der Waals surface area contributed by atoms with Gasteiger partial charge in [-0.05, 0) is 61.1 Å². The lowest BCUT2D eigenvalue weighted by Gasteiger charge is -2.28. The smallest absolute Gasteiger partial charge is 0.223 e. The number of rotatable bonds is 6. The topological polar surface area (TPSA) is 70.2 Å². The van der Waals surface area contributed by atoms with Crippen molar-refractivity contribution >= 4 is 11.8 Å². The summed E-state index contributed by atoms with van der Waals surface area (Å²) < 4.78 is 0. The van der Waals surface area contributed by atoms with Crippen LogP contribution < -0.4 is 16.0 Å². The zero-order valence-electron chi connectivity index (χ0n) is 16.8. The number of hydrogen-bond acceptors (Lipinski definition) is 3. The number of carbonyl (C=O) groups is 2. The highest BCUT2D eigenvalue weighted by Gasteiger charge is 2.28. The zero-order valence-corrected chi connectivity index (χ0v) is 16.8. The van der Waals surface area contributed by atoms with Crippen LogP contribution in [-0.2, 0) is 29.2 Å². The number of nitrogens with one attached hydrogen (secondary N) is 3. The van der Waals surface area contributed by atoms with Crippen LogP contribution in [0.3, 0.4) is 0 Å². The van der Waals surface area contributed by atoms with Crippen molar-refractivity contribution in [3.63, 3.8) is 0 Å². The second-order valence-electron chi connectivity index (χ2n) is 8.90. The van der Waals surface area contributed by atoms with E-state index in [0.717, 1.165) is 38.8 Å². The van der Waals surface area contributed by atoms with E-state index in [2.05, 4.69) is 34.1 Å². The monoisotopic (exact) mass is 383 g/mol. The highest BCUT2D eigenvalue weighted by molar-refractivity contribution is 5.79. The summed E-state index contributed by atoms with van der Waals surface area (Å²) in [6.45, 7) is 2.47. The predicted molar refractivity (Wildman–Crippen MR) is 109 cm³/mol. The molecule has 5 nitrogen and oxygen atoms in total. The SMILES string of the molecule is O=C(CC1CCCC1)NC1CCC(C(=O)NCc2ccc3c(c2)CNC3)CC1. The van der Waals surface area contributed by atoms with E-state index in [0.29, 0.717) is 18.9 Å². The van der Waals surface area contributed by atoms with Crippen LogP contribution in [0, 0.1) is 11.8 Å². The quantitative estimate of drug-likeness (QED) is 0.707. The minimum atomic E-state index is 0.0825. The van der Waals surface area contributed by atoms with Gasteiger partial charge >= 0.3 is 0 Å². The first-order valence-electron chi connectivity index (χ1n) is 11.1. The van der Waals surface area contributed by atoms with Gasteiger partial charge in [-0.1, -0.05) is 31.0 Å². The molecule has 3 aliphatic rings. The summed E-state index contributed by atoms with van der Waals surface area (Å²) in [6.07, 6.45) is 9.24. The fourth-order valence-electron chi connectivity index (χ4n) is 5.05. The van der Waals surface area contributed by atoms with Gasteiger partial charge in [0.1, 0.15) is 0 Å². The lowest BCUT2D eigenvalue weighted by molar-refractivity contribution is -0.126. The Morgan fingerprint density at radius 3 is 2.50 bits per heavy atom. The first-order chi connectivity index (χ1) is 13.7. The minimum Gasteiger partial charge on any atom is -0.353 e. The molecule has 2 amide bonds. The van der Waals surface area contributed by atoms with Gasteiger partial charge in [-0.3, -0.25) is 9.59 Å². The fourth-order valence-corrected chi connectivity index (χ4v) is 5.05. The summed E-state index contributed by atoms with van der Waals surface area (Å²) in [4.78, 5) is 24.8. The molecule has 0 unspecified atom stereocenters. The van der Waals surface area contributed by atoms with E-state index in [4.69, 9.17) is 0 Å². The summed E-state index contributed by atoms with van der Waals surface area (Å²) in [5.41, 5.74) is 3.88. The molecule has 0 radical (unpaired) electrons. The molecule has 2 aliphatic carbocycles. The maximum absolute atomic E-state index is 12.6. The molecule has 0 spiro atoms. The Balaban J connectivity index is 1.17. The summed E-state index contributed by atoms with van der Waals surface area (Å²) in [6, 6.07) is 6.73. The fraction of sp³-hybridized carbons (Fsp3) is 0.652. The van der Waals surface area contributed by atoms with Crippen molar-refractivity contribution in [2.45, 2.75) is 83.5 Å². The average molecular weight is 384 g/mol. The van der Waals surface area contributed by atoms with Crippen molar-refractivity contribution in [2.24, 2.45) is 11.8 Å². The molecule has 0 saturated heterocycles. The number of carbonyl (C=O) groups excluding carboxylic acids is 2. The zero-order chi connectivity index (χ0) is 19.3. The second-order valence-corrected chi connectivity index (χ2v) is 8.90. The van der Waals surface area contributed by atoms with Crippen LogP contribution in [0.2, 0.25) is 0 Å². The standard InChI is InChI=1S/C23H33N3O2/c27-22(12-16-3-1-2-4-16)26-21-9-7-18(8-10-21)23(28)25-13-17-5-6-19-14-24-15-20(19)11-17/h5-6,11,16,18,21,24H,1-4,7-10,12-15H2,(H,25,28)(H,26,27). The third-order valence-corrected chi connectivity index (χ3v) is 6.78. The van der Waals surface area contributed by atoms with Crippen LogP contribution in [0.15, 0.2) is 18.2 Å². The van der Waals surface area contributed by atoms with Gasteiger partial charge < -0.3 is 16.0 Å². The third kappa shape index (κ3) is 4.93. The second kappa shape index (κ2) is 9.08. The van der Waals surface area contributed by atoms with Crippen molar-refractivity contribution in [1.29, 1.82) is 0 Å². The molecule has 5 heteroatoms. The average Bonchev–Trinajstić information content (AvgIpc) is 3.38. The molecule has 0 bridgehead atoms. The molecular weight excluding hydrogens is 350 g/mol. The van der Waals surface area contributed by atoms with Gasteiger partial charge in [-0.2, -0.15) is 0 Å². The first kappa shape index (κ1) is 19.4. The molecule has 1 heterocycles. The molecular formula is C23H33N3O2. The van der Waals surface area contributed by atoms with Crippen LogP contribution in [0.25, 0.3) is 0 Å². The molecule has 28 heavy (non-hydrogen) atoms. The highest BCUT2D eigenvalue weighted by Crippen LogP contribution is 2.28. The Labute approximate surface area is 168 Å². The molecule has 3 N–H and O–H groups in total. The van der Waals surface area contributed by atoms with E-state index in [-0.39, 0.29) is 23.8 Å². The number of fused-ring (bicyclic) bond motifs is 1. The van der Waals surface area contributed by atoms with Gasteiger partial charge in [-0.15, -0.1) is 0 Å². The molecule has 1 aromatic rings. The molecule has 0 atom stereocenters. The molecule has 1 aliphatic heterocycles. The largest absolute Gasteiger partial charge is 0.353 e. The van der Waals surface area contributed by atoms with Crippen LogP contribution in [0.5, 0.6) is 0 Å². The van der Waals surface area contributed by atoms with E-state index in [1.165, 1.54) is 42.4 Å². The Morgan fingerprint density at radius 1 is 0.964 bits per heavy atom. The number of benzene rings is 1. The van der Waals surface area contributed by atoms with E-state index < -0.39 is 0 Å². The third-order valence-electron chi connectivity index (χ3n) is 6.78. The first-order valence-corrected chi connectivity index (χ1v) is 11.1. The summed E-state index contributed by atoms with van der Waals surface area (Å²) in [7, 11) is 0. The van der Waals surface area contributed by atoms with Gasteiger partial charge in [0, 0.05) is 38.0 Å². The molecule has 0 aromatic heterocycles. The lowest BCUT2D eigenvalue weighted by Crippen LogP contribution is -2.41. The summed E-state index contributed by atoms with van der Waals surface area (Å²) >= 11 is 0. The van der Waals surface area contributed by atoms with Crippen LogP contribution >= 0.6 is 0 Å². The number of hydrogen-bond donors (Lipinski definition) is 3. The maximum atomic E-state index is 12.6. The van der Waals surface area contributed by atoms with Gasteiger partial charge in [0.2, 0.25) is 11.8 Å². The van der Waals surface area contributed by atoms with Crippen molar-refractivity contribution < 1.29 is 9.59 Å². The summed E-state index contributed by atoms with van der Waals surface area (Å²) in [5, 5.41) is 9.68. The van der Waals surface area contributed by atoms with Crippen molar-refractivity contribution in [2.75, 3.05) is 0 Å². The predicted octanol–water partition coefficient (Wildman–Crippen LogP) is 3.16. The minimum absolute atomic E-state index is 0.0825.